The number of aromatic amines is 1. The third-order valence-electron chi connectivity index (χ3n) is 0.635. The number of hydrogen-bond acceptors (Lipinski definition) is 1. The van der Waals surface area contributed by atoms with Crippen molar-refractivity contribution >= 4 is 0 Å². The van der Waals surface area contributed by atoms with E-state index in [2.05, 4.69) is 15.9 Å². The van der Waals surface area contributed by atoms with Crippen LogP contribution in [0.5, 0.6) is 0 Å². The Kier molecular flexibility index (Phi) is 4.25. The Morgan fingerprint density at radius 1 is 1.67 bits per heavy atom. The molecule has 1 aromatic heterocycles. The van der Waals surface area contributed by atoms with Crippen molar-refractivity contribution in [1.29, 1.82) is 0 Å². The van der Waals surface area contributed by atoms with Crippen LogP contribution in [0.25, 0.3) is 0 Å². The summed E-state index contributed by atoms with van der Waals surface area (Å²) >= 11 is 0. The lowest BCUT2D eigenvalue weighted by molar-refractivity contribution is 1.26. The Morgan fingerprint density at radius 3 is 2.56 bits per heavy atom. The van der Waals surface area contributed by atoms with Gasteiger partial charge in [-0.1, -0.05) is 13.8 Å². The molecule has 0 spiro atoms. The third kappa shape index (κ3) is 2.55. The van der Waals surface area contributed by atoms with Gasteiger partial charge < -0.3 is 4.98 Å². The zero-order valence-corrected chi connectivity index (χ0v) is 5.68. The van der Waals surface area contributed by atoms with Crippen molar-refractivity contribution in [1.82, 2.24) is 9.97 Å². The van der Waals surface area contributed by atoms with Crippen LogP contribution in [0.1, 0.15) is 19.7 Å². The molecule has 0 fully saturated rings. The highest BCUT2D eigenvalue weighted by molar-refractivity contribution is 5.13. The molecule has 2 nitrogen and oxygen atoms in total. The molecule has 0 atom stereocenters. The predicted octanol–water partition coefficient (Wildman–Crippen LogP) is 1.42. The second-order valence-corrected chi connectivity index (χ2v) is 1.08. The van der Waals surface area contributed by atoms with Gasteiger partial charge in [0.25, 0.3) is 0 Å². The van der Waals surface area contributed by atoms with Crippen LogP contribution in [0.2, 0.25) is 0 Å². The van der Waals surface area contributed by atoms with Crippen molar-refractivity contribution in [3.8, 4) is 12.3 Å². The van der Waals surface area contributed by atoms with Crippen molar-refractivity contribution < 1.29 is 0 Å². The molecule has 0 saturated carbocycles. The lowest BCUT2D eigenvalue weighted by atomic mass is 10.7. The highest BCUT2D eigenvalue weighted by Gasteiger charge is 1.78. The van der Waals surface area contributed by atoms with Crippen molar-refractivity contribution in [2.75, 3.05) is 0 Å². The zero-order chi connectivity index (χ0) is 7.11. The van der Waals surface area contributed by atoms with Crippen LogP contribution in [0.3, 0.4) is 0 Å². The molecule has 0 aliphatic carbocycles. The van der Waals surface area contributed by atoms with E-state index in [0.29, 0.717) is 5.82 Å². The van der Waals surface area contributed by atoms with E-state index in [4.69, 9.17) is 6.42 Å². The van der Waals surface area contributed by atoms with Crippen LogP contribution in [-0.4, -0.2) is 9.97 Å². The number of aromatic nitrogens is 2. The maximum absolute atomic E-state index is 4.95. The largest absolute Gasteiger partial charge is 0.338 e. The lowest BCUT2D eigenvalue weighted by Gasteiger charge is -1.69. The van der Waals surface area contributed by atoms with Crippen LogP contribution in [0.4, 0.5) is 0 Å². The van der Waals surface area contributed by atoms with Crippen LogP contribution in [-0.2, 0) is 0 Å². The van der Waals surface area contributed by atoms with Crippen LogP contribution < -0.4 is 0 Å². The first kappa shape index (κ1) is 7.77. The first-order valence-electron chi connectivity index (χ1n) is 2.89. The molecule has 2 heteroatoms. The standard InChI is InChI=1S/C5H4N2.C2H6/c1-2-5-6-3-4-7-5;1-2/h1,3-4H,(H,6,7);1-2H3. The van der Waals surface area contributed by atoms with Gasteiger partial charge >= 0.3 is 0 Å². The van der Waals surface area contributed by atoms with E-state index in [9.17, 15) is 0 Å². The van der Waals surface area contributed by atoms with Crippen molar-refractivity contribution in [3.63, 3.8) is 0 Å². The van der Waals surface area contributed by atoms with Crippen molar-refractivity contribution in [2.24, 2.45) is 0 Å². The Balaban J connectivity index is 0.000000291. The minimum absolute atomic E-state index is 0.583. The van der Waals surface area contributed by atoms with Gasteiger partial charge in [0.2, 0.25) is 0 Å². The van der Waals surface area contributed by atoms with E-state index >= 15 is 0 Å². The first-order valence-corrected chi connectivity index (χ1v) is 2.89. The van der Waals surface area contributed by atoms with E-state index in [1.807, 2.05) is 13.8 Å². The molecule has 1 N–H and O–H groups in total. The van der Waals surface area contributed by atoms with E-state index in [1.165, 1.54) is 0 Å². The molecule has 0 amide bonds. The third-order valence-corrected chi connectivity index (χ3v) is 0.635. The highest BCUT2D eigenvalue weighted by Crippen LogP contribution is 1.79. The maximum atomic E-state index is 4.95. The number of rotatable bonds is 0. The Hall–Kier alpha value is -1.23. The lowest BCUT2D eigenvalue weighted by Crippen LogP contribution is -1.70. The molecule has 9 heavy (non-hydrogen) atoms. The van der Waals surface area contributed by atoms with Gasteiger partial charge in [0.15, 0.2) is 5.82 Å². The summed E-state index contributed by atoms with van der Waals surface area (Å²) in [6.07, 6.45) is 8.26. The SMILES string of the molecule is C#Cc1ncc[nH]1.CC. The molecule has 0 bridgehead atoms. The smallest absolute Gasteiger partial charge is 0.182 e. The average Bonchev–Trinajstić information content (AvgIpc) is 2.43. The van der Waals surface area contributed by atoms with Crippen LogP contribution in [0.15, 0.2) is 12.4 Å². The summed E-state index contributed by atoms with van der Waals surface area (Å²) in [5.41, 5.74) is 0. The van der Waals surface area contributed by atoms with Gasteiger partial charge in [0.1, 0.15) is 0 Å². The second-order valence-electron chi connectivity index (χ2n) is 1.08. The minimum atomic E-state index is 0.583. The summed E-state index contributed by atoms with van der Waals surface area (Å²) in [4.78, 5) is 6.48. The van der Waals surface area contributed by atoms with E-state index < -0.39 is 0 Å². The molecular weight excluding hydrogens is 112 g/mol. The van der Waals surface area contributed by atoms with Gasteiger partial charge in [0, 0.05) is 12.4 Å². The molecule has 0 radical (unpaired) electrons. The first-order chi connectivity index (χ1) is 4.43. The summed E-state index contributed by atoms with van der Waals surface area (Å²) in [7, 11) is 0. The van der Waals surface area contributed by atoms with Crippen LogP contribution >= 0.6 is 0 Å². The van der Waals surface area contributed by atoms with E-state index in [1.54, 1.807) is 12.4 Å². The van der Waals surface area contributed by atoms with Crippen molar-refractivity contribution in [3.05, 3.63) is 18.2 Å². The molecule has 1 aromatic rings. The molecule has 1 heterocycles. The fourth-order valence-electron chi connectivity index (χ4n) is 0.344. The van der Waals surface area contributed by atoms with Gasteiger partial charge in [-0.3, -0.25) is 0 Å². The molecule has 0 unspecified atom stereocenters. The van der Waals surface area contributed by atoms with Gasteiger partial charge in [-0.25, -0.2) is 4.98 Å². The predicted molar refractivity (Wildman–Crippen MR) is 37.9 cm³/mol. The minimum Gasteiger partial charge on any atom is -0.338 e. The Labute approximate surface area is 55.3 Å². The maximum Gasteiger partial charge on any atom is 0.182 e. The van der Waals surface area contributed by atoms with Gasteiger partial charge in [-0.05, 0) is 5.92 Å². The molecule has 1 rings (SSSR count). The normalized spacial score (nSPS) is 6.78. The van der Waals surface area contributed by atoms with Crippen LogP contribution in [0, 0.1) is 12.3 Å². The summed E-state index contributed by atoms with van der Waals surface area (Å²) in [5.74, 6) is 2.92. The number of H-pyrrole nitrogens is 1. The van der Waals surface area contributed by atoms with Gasteiger partial charge in [-0.15, -0.1) is 6.42 Å². The topological polar surface area (TPSA) is 28.7 Å². The highest BCUT2D eigenvalue weighted by atomic mass is 14.9. The van der Waals surface area contributed by atoms with E-state index in [0.717, 1.165) is 0 Å². The Bertz CT molecular complexity index is 169. The molecule has 0 saturated heterocycles. The molecule has 0 aliphatic heterocycles. The number of nitrogens with zero attached hydrogens (tertiary/aromatic N) is 1. The number of hydrogen-bond donors (Lipinski definition) is 1. The fourth-order valence-corrected chi connectivity index (χ4v) is 0.344. The zero-order valence-electron chi connectivity index (χ0n) is 5.68. The monoisotopic (exact) mass is 122 g/mol. The van der Waals surface area contributed by atoms with E-state index in [-0.39, 0.29) is 0 Å². The summed E-state index contributed by atoms with van der Waals surface area (Å²) in [6, 6.07) is 0. The number of imidazole rings is 1. The van der Waals surface area contributed by atoms with Crippen molar-refractivity contribution in [2.45, 2.75) is 13.8 Å². The molecular formula is C7H10N2. The molecule has 0 aliphatic rings. The second kappa shape index (κ2) is 4.92. The summed E-state index contributed by atoms with van der Waals surface area (Å²) < 4.78 is 0. The fraction of sp³-hybridized carbons (Fsp3) is 0.286. The average molecular weight is 122 g/mol. The molecule has 0 aromatic carbocycles. The summed E-state index contributed by atoms with van der Waals surface area (Å²) in [6.45, 7) is 4.00. The summed E-state index contributed by atoms with van der Waals surface area (Å²) in [5, 5.41) is 0. The van der Waals surface area contributed by atoms with Gasteiger partial charge in [0.05, 0.1) is 0 Å². The molecule has 48 valence electrons. The Morgan fingerprint density at radius 2 is 2.33 bits per heavy atom. The number of nitrogens with one attached hydrogen (secondary N) is 1. The quantitative estimate of drug-likeness (QED) is 0.518. The number of terminal acetylenes is 1. The van der Waals surface area contributed by atoms with Gasteiger partial charge in [-0.2, -0.15) is 0 Å².